The summed E-state index contributed by atoms with van der Waals surface area (Å²) in [5, 5.41) is 5.40. The highest BCUT2D eigenvalue weighted by atomic mass is 19.3. The van der Waals surface area contributed by atoms with E-state index >= 15 is 0 Å². The van der Waals surface area contributed by atoms with Crippen LogP contribution >= 0.6 is 0 Å². The summed E-state index contributed by atoms with van der Waals surface area (Å²) >= 11 is 0. The Bertz CT molecular complexity index is 1250. The van der Waals surface area contributed by atoms with Crippen molar-refractivity contribution in [3.63, 3.8) is 0 Å². The molecule has 4 aromatic rings. The van der Waals surface area contributed by atoms with Crippen LogP contribution in [0.5, 0.6) is 5.75 Å². The van der Waals surface area contributed by atoms with E-state index in [2.05, 4.69) is 15.1 Å². The number of benzene rings is 1. The second kappa shape index (κ2) is 7.38. The highest BCUT2D eigenvalue weighted by Gasteiger charge is 2.35. The van der Waals surface area contributed by atoms with E-state index in [0.29, 0.717) is 28.3 Å². The first kappa shape index (κ1) is 19.6. The molecule has 4 N–H and O–H groups in total. The van der Waals surface area contributed by atoms with Gasteiger partial charge in [-0.2, -0.15) is 4.52 Å². The average Bonchev–Trinajstić information content (AvgIpc) is 3.18. The van der Waals surface area contributed by atoms with Gasteiger partial charge in [0.2, 0.25) is 5.95 Å². The van der Waals surface area contributed by atoms with Crippen LogP contribution in [0.2, 0.25) is 0 Å². The summed E-state index contributed by atoms with van der Waals surface area (Å²) in [6.45, 7) is 0. The lowest BCUT2D eigenvalue weighted by Crippen LogP contribution is -2.23. The van der Waals surface area contributed by atoms with Gasteiger partial charge in [-0.15, -0.1) is 5.10 Å². The lowest BCUT2D eigenvalue weighted by molar-refractivity contribution is 0.116. The summed E-state index contributed by atoms with van der Waals surface area (Å²) in [6.07, 6.45) is 0.464. The standard InChI is InChI=1S/C21H21F2N7O/c1-31-15-4-2-3-13-17(15)27-21(25)30-20(13)28-19(29-30)12-7-11(8-12)14-6-5-10(9-26-14)16(24)18(22)23/h2-6,9,11-12,16,18H,7-8,24H2,1H3,(H2,25,27)/t11-,12-,16?. The maximum Gasteiger partial charge on any atom is 0.257 e. The number of ether oxygens (including phenoxy) is 1. The number of fused-ring (bicyclic) bond motifs is 3. The van der Waals surface area contributed by atoms with Crippen LogP contribution in [0.15, 0.2) is 36.5 Å². The zero-order valence-electron chi connectivity index (χ0n) is 16.7. The number of rotatable bonds is 5. The second-order valence-electron chi connectivity index (χ2n) is 7.77. The quantitative estimate of drug-likeness (QED) is 0.504. The largest absolute Gasteiger partial charge is 0.494 e. The van der Waals surface area contributed by atoms with Gasteiger partial charge in [0, 0.05) is 29.1 Å². The number of pyridine rings is 1. The van der Waals surface area contributed by atoms with Gasteiger partial charge in [0.1, 0.15) is 11.3 Å². The van der Waals surface area contributed by atoms with Gasteiger partial charge in [-0.25, -0.2) is 18.7 Å². The van der Waals surface area contributed by atoms with Crippen LogP contribution in [0.25, 0.3) is 16.6 Å². The van der Waals surface area contributed by atoms with Crippen LogP contribution in [-0.2, 0) is 0 Å². The molecule has 1 saturated carbocycles. The Balaban J connectivity index is 1.38. The summed E-state index contributed by atoms with van der Waals surface area (Å²) in [6, 6.07) is 7.70. The maximum atomic E-state index is 12.8. The van der Waals surface area contributed by atoms with Gasteiger partial charge in [0.15, 0.2) is 11.5 Å². The SMILES string of the molecule is COc1cccc2c1nc(N)n1nc([C@H]3C[C@H](c4ccc(C(N)C(F)F)cn4)C3)nc21. The molecule has 1 atom stereocenters. The number of nitrogen functional groups attached to an aromatic ring is 1. The van der Waals surface area contributed by atoms with Crippen molar-refractivity contribution >= 4 is 22.5 Å². The van der Waals surface area contributed by atoms with Crippen LogP contribution < -0.4 is 16.2 Å². The van der Waals surface area contributed by atoms with Gasteiger partial charge in [0.25, 0.3) is 6.43 Å². The van der Waals surface area contributed by atoms with E-state index in [4.69, 9.17) is 21.2 Å². The first-order valence-electron chi connectivity index (χ1n) is 9.94. The number of hydrogen-bond donors (Lipinski definition) is 2. The molecule has 31 heavy (non-hydrogen) atoms. The number of anilines is 1. The number of nitrogens with zero attached hydrogens (tertiary/aromatic N) is 5. The van der Waals surface area contributed by atoms with Crippen LogP contribution in [0.1, 0.15) is 47.8 Å². The molecule has 0 spiro atoms. The summed E-state index contributed by atoms with van der Waals surface area (Å²) in [4.78, 5) is 13.5. The normalized spacial score (nSPS) is 19.6. The fourth-order valence-electron chi connectivity index (χ4n) is 4.05. The van der Waals surface area contributed by atoms with Gasteiger partial charge >= 0.3 is 0 Å². The number of halogens is 2. The highest BCUT2D eigenvalue weighted by Crippen LogP contribution is 2.46. The predicted octanol–water partition coefficient (Wildman–Crippen LogP) is 3.19. The minimum Gasteiger partial charge on any atom is -0.494 e. The van der Waals surface area contributed by atoms with Crippen molar-refractivity contribution < 1.29 is 13.5 Å². The molecule has 160 valence electrons. The van der Waals surface area contributed by atoms with Crippen molar-refractivity contribution in [3.8, 4) is 5.75 Å². The Hall–Kier alpha value is -3.40. The third kappa shape index (κ3) is 3.23. The molecule has 0 saturated heterocycles. The molecule has 0 bridgehead atoms. The molecular formula is C21H21F2N7O. The fourth-order valence-corrected chi connectivity index (χ4v) is 4.05. The van der Waals surface area contributed by atoms with Crippen molar-refractivity contribution in [2.75, 3.05) is 12.8 Å². The topological polar surface area (TPSA) is 117 Å². The molecule has 0 radical (unpaired) electrons. The molecule has 0 aliphatic heterocycles. The van der Waals surface area contributed by atoms with Gasteiger partial charge in [-0.05, 0) is 36.6 Å². The molecule has 8 nitrogen and oxygen atoms in total. The molecular weight excluding hydrogens is 404 g/mol. The number of methoxy groups -OCH3 is 1. The minimum absolute atomic E-state index is 0.162. The number of alkyl halides is 2. The Morgan fingerprint density at radius 3 is 2.61 bits per heavy atom. The molecule has 1 aromatic carbocycles. The minimum atomic E-state index is -2.61. The number of para-hydroxylation sites is 1. The van der Waals surface area contributed by atoms with Gasteiger partial charge in [0.05, 0.1) is 13.2 Å². The fraction of sp³-hybridized carbons (Fsp3) is 0.333. The molecule has 1 unspecified atom stereocenters. The van der Waals surface area contributed by atoms with Crippen LogP contribution in [0, 0.1) is 0 Å². The maximum absolute atomic E-state index is 12.8. The Labute approximate surface area is 176 Å². The van der Waals surface area contributed by atoms with E-state index < -0.39 is 12.5 Å². The summed E-state index contributed by atoms with van der Waals surface area (Å²) in [5.74, 6) is 1.96. The number of hydrogen-bond acceptors (Lipinski definition) is 7. The van der Waals surface area contributed by atoms with E-state index in [1.807, 2.05) is 18.2 Å². The second-order valence-corrected chi connectivity index (χ2v) is 7.77. The third-order valence-electron chi connectivity index (χ3n) is 5.91. The predicted molar refractivity (Wildman–Crippen MR) is 111 cm³/mol. The summed E-state index contributed by atoms with van der Waals surface area (Å²) < 4.78 is 32.5. The van der Waals surface area contributed by atoms with Gasteiger partial charge in [-0.3, -0.25) is 4.98 Å². The van der Waals surface area contributed by atoms with Crippen molar-refractivity contribution in [1.82, 2.24) is 24.6 Å². The third-order valence-corrected chi connectivity index (χ3v) is 5.91. The lowest BCUT2D eigenvalue weighted by atomic mass is 9.72. The van der Waals surface area contributed by atoms with Crippen molar-refractivity contribution in [3.05, 3.63) is 53.6 Å². The van der Waals surface area contributed by atoms with Crippen LogP contribution in [-0.4, -0.2) is 38.1 Å². The number of aromatic nitrogens is 5. The van der Waals surface area contributed by atoms with Crippen LogP contribution in [0.4, 0.5) is 14.7 Å². The lowest BCUT2D eigenvalue weighted by Gasteiger charge is -2.33. The van der Waals surface area contributed by atoms with Crippen LogP contribution in [0.3, 0.4) is 0 Å². The first-order chi connectivity index (χ1) is 15.0. The van der Waals surface area contributed by atoms with E-state index in [0.717, 1.165) is 23.9 Å². The molecule has 0 amide bonds. The van der Waals surface area contributed by atoms with E-state index in [-0.39, 0.29) is 17.8 Å². The molecule has 3 heterocycles. The molecule has 5 rings (SSSR count). The molecule has 1 aliphatic carbocycles. The van der Waals surface area contributed by atoms with Crippen molar-refractivity contribution in [2.24, 2.45) is 5.73 Å². The van der Waals surface area contributed by atoms with E-state index in [9.17, 15) is 8.78 Å². The highest BCUT2D eigenvalue weighted by molar-refractivity contribution is 5.95. The van der Waals surface area contributed by atoms with Crippen molar-refractivity contribution in [1.29, 1.82) is 0 Å². The Kier molecular flexibility index (Phi) is 4.66. The smallest absolute Gasteiger partial charge is 0.257 e. The Morgan fingerprint density at radius 2 is 1.94 bits per heavy atom. The van der Waals surface area contributed by atoms with Gasteiger partial charge < -0.3 is 16.2 Å². The van der Waals surface area contributed by atoms with Crippen molar-refractivity contribution in [2.45, 2.75) is 37.1 Å². The zero-order chi connectivity index (χ0) is 21.7. The first-order valence-corrected chi connectivity index (χ1v) is 9.94. The molecule has 1 aliphatic rings. The monoisotopic (exact) mass is 425 g/mol. The van der Waals surface area contributed by atoms with E-state index in [1.165, 1.54) is 6.20 Å². The molecule has 3 aromatic heterocycles. The Morgan fingerprint density at radius 1 is 1.13 bits per heavy atom. The van der Waals surface area contributed by atoms with Gasteiger partial charge in [-0.1, -0.05) is 12.1 Å². The summed E-state index contributed by atoms with van der Waals surface area (Å²) in [7, 11) is 1.59. The summed E-state index contributed by atoms with van der Waals surface area (Å²) in [5.41, 5.74) is 14.1. The molecule has 10 heteroatoms. The zero-order valence-corrected chi connectivity index (χ0v) is 16.7. The number of nitrogens with two attached hydrogens (primary N) is 2. The molecule has 1 fully saturated rings. The van der Waals surface area contributed by atoms with E-state index in [1.54, 1.807) is 23.8 Å². The average molecular weight is 425 g/mol.